The van der Waals surface area contributed by atoms with Gasteiger partial charge >= 0.3 is 0 Å². The molecule has 4 nitrogen and oxygen atoms in total. The van der Waals surface area contributed by atoms with Crippen LogP contribution >= 0.6 is 0 Å². The minimum atomic E-state index is 0.613. The summed E-state index contributed by atoms with van der Waals surface area (Å²) in [6.07, 6.45) is 3.76. The van der Waals surface area contributed by atoms with Gasteiger partial charge in [0.2, 0.25) is 0 Å². The number of methoxy groups -OCH3 is 1. The van der Waals surface area contributed by atoms with Crippen molar-refractivity contribution in [2.45, 2.75) is 6.54 Å². The largest absolute Gasteiger partial charge is 0.496 e. The third-order valence-electron chi connectivity index (χ3n) is 2.40. The fourth-order valence-corrected chi connectivity index (χ4v) is 1.63. The summed E-state index contributed by atoms with van der Waals surface area (Å²) in [7, 11) is 1.66. The number of hydrogen-bond donors (Lipinski definition) is 1. The molecule has 0 unspecified atom stereocenters. The fourth-order valence-electron chi connectivity index (χ4n) is 1.63. The molecular formula is C12H15N3O. The van der Waals surface area contributed by atoms with Crippen LogP contribution < -0.4 is 10.5 Å². The molecule has 16 heavy (non-hydrogen) atoms. The van der Waals surface area contributed by atoms with Crippen LogP contribution in [0.4, 0.5) is 0 Å². The van der Waals surface area contributed by atoms with Crippen LogP contribution in [-0.4, -0.2) is 23.2 Å². The topological polar surface area (TPSA) is 53.1 Å². The predicted octanol–water partition coefficient (Wildman–Crippen LogP) is 1.52. The molecule has 84 valence electrons. The van der Waals surface area contributed by atoms with Crippen LogP contribution in [0.5, 0.6) is 5.75 Å². The maximum atomic E-state index is 5.49. The Morgan fingerprint density at radius 1 is 1.38 bits per heavy atom. The number of nitrogens with zero attached hydrogens (tertiary/aromatic N) is 2. The molecule has 2 rings (SSSR count). The Morgan fingerprint density at radius 3 is 2.94 bits per heavy atom. The van der Waals surface area contributed by atoms with Gasteiger partial charge in [0.25, 0.3) is 0 Å². The van der Waals surface area contributed by atoms with E-state index in [-0.39, 0.29) is 0 Å². The van der Waals surface area contributed by atoms with Gasteiger partial charge in [0.05, 0.1) is 19.1 Å². The molecule has 1 aromatic heterocycles. The first kappa shape index (κ1) is 10.7. The van der Waals surface area contributed by atoms with Crippen molar-refractivity contribution in [1.29, 1.82) is 0 Å². The molecule has 0 fully saturated rings. The Balaban J connectivity index is 2.34. The average Bonchev–Trinajstić information content (AvgIpc) is 2.78. The molecule has 0 spiro atoms. The van der Waals surface area contributed by atoms with E-state index < -0.39 is 0 Å². The maximum absolute atomic E-state index is 5.49. The molecule has 2 aromatic rings. The summed E-state index contributed by atoms with van der Waals surface area (Å²) in [4.78, 5) is 4.34. The average molecular weight is 217 g/mol. The van der Waals surface area contributed by atoms with Crippen molar-refractivity contribution < 1.29 is 4.74 Å². The normalized spacial score (nSPS) is 10.4. The summed E-state index contributed by atoms with van der Waals surface area (Å²) in [6, 6.07) is 7.84. The second kappa shape index (κ2) is 4.81. The molecule has 0 amide bonds. The van der Waals surface area contributed by atoms with E-state index >= 15 is 0 Å². The number of imidazole rings is 1. The summed E-state index contributed by atoms with van der Waals surface area (Å²) < 4.78 is 7.27. The zero-order valence-corrected chi connectivity index (χ0v) is 9.26. The monoisotopic (exact) mass is 217 g/mol. The third-order valence-corrected chi connectivity index (χ3v) is 2.40. The number of ether oxygens (including phenoxy) is 1. The van der Waals surface area contributed by atoms with E-state index in [0.717, 1.165) is 23.6 Å². The van der Waals surface area contributed by atoms with Crippen LogP contribution in [0, 0.1) is 0 Å². The Hall–Kier alpha value is -1.81. The van der Waals surface area contributed by atoms with E-state index in [1.54, 1.807) is 13.4 Å². The van der Waals surface area contributed by atoms with Gasteiger partial charge in [0.1, 0.15) is 5.75 Å². The van der Waals surface area contributed by atoms with Crippen LogP contribution in [-0.2, 0) is 6.54 Å². The number of aromatic nitrogens is 2. The molecular weight excluding hydrogens is 202 g/mol. The predicted molar refractivity (Wildman–Crippen MR) is 63.3 cm³/mol. The summed E-state index contributed by atoms with van der Waals surface area (Å²) in [5, 5.41) is 0. The minimum absolute atomic E-state index is 0.613. The van der Waals surface area contributed by atoms with Gasteiger partial charge in [-0.25, -0.2) is 4.98 Å². The quantitative estimate of drug-likeness (QED) is 0.844. The number of para-hydroxylation sites is 1. The van der Waals surface area contributed by atoms with Crippen LogP contribution in [0.15, 0.2) is 36.8 Å². The first-order valence-corrected chi connectivity index (χ1v) is 5.20. The van der Waals surface area contributed by atoms with E-state index in [2.05, 4.69) is 4.98 Å². The molecule has 1 heterocycles. The molecule has 0 radical (unpaired) electrons. The standard InChI is InChI=1S/C12H15N3O/c1-16-12-5-3-2-4-10(12)11-8-15(7-6-13)9-14-11/h2-5,8-9H,6-7,13H2,1H3. The van der Waals surface area contributed by atoms with Crippen molar-refractivity contribution in [3.05, 3.63) is 36.8 Å². The van der Waals surface area contributed by atoms with Gasteiger partial charge in [-0.1, -0.05) is 12.1 Å². The van der Waals surface area contributed by atoms with Crippen LogP contribution in [0.25, 0.3) is 11.3 Å². The van der Waals surface area contributed by atoms with Crippen LogP contribution in [0.3, 0.4) is 0 Å². The lowest BCUT2D eigenvalue weighted by Crippen LogP contribution is -2.07. The SMILES string of the molecule is COc1ccccc1-c1cn(CCN)cn1. The summed E-state index contributed by atoms with van der Waals surface area (Å²) >= 11 is 0. The molecule has 0 atom stereocenters. The van der Waals surface area contributed by atoms with Gasteiger partial charge in [-0.2, -0.15) is 0 Å². The fraction of sp³-hybridized carbons (Fsp3) is 0.250. The lowest BCUT2D eigenvalue weighted by molar-refractivity contribution is 0.416. The van der Waals surface area contributed by atoms with Gasteiger partial charge < -0.3 is 15.0 Å². The smallest absolute Gasteiger partial charge is 0.128 e. The number of hydrogen-bond acceptors (Lipinski definition) is 3. The molecule has 0 saturated heterocycles. The lowest BCUT2D eigenvalue weighted by Gasteiger charge is -2.04. The highest BCUT2D eigenvalue weighted by Crippen LogP contribution is 2.27. The number of nitrogens with two attached hydrogens (primary N) is 1. The second-order valence-electron chi connectivity index (χ2n) is 3.49. The first-order chi connectivity index (χ1) is 7.85. The zero-order valence-electron chi connectivity index (χ0n) is 9.26. The highest BCUT2D eigenvalue weighted by atomic mass is 16.5. The Morgan fingerprint density at radius 2 is 2.19 bits per heavy atom. The Labute approximate surface area is 94.7 Å². The maximum Gasteiger partial charge on any atom is 0.128 e. The molecule has 0 bridgehead atoms. The van der Waals surface area contributed by atoms with E-state index in [1.165, 1.54) is 0 Å². The van der Waals surface area contributed by atoms with Gasteiger partial charge in [0.15, 0.2) is 0 Å². The highest BCUT2D eigenvalue weighted by Gasteiger charge is 2.07. The minimum Gasteiger partial charge on any atom is -0.496 e. The van der Waals surface area contributed by atoms with E-state index in [0.29, 0.717) is 6.54 Å². The summed E-state index contributed by atoms with van der Waals surface area (Å²) in [5.74, 6) is 0.834. The van der Waals surface area contributed by atoms with Gasteiger partial charge in [-0.15, -0.1) is 0 Å². The number of benzene rings is 1. The molecule has 0 saturated carbocycles. The summed E-state index contributed by atoms with van der Waals surface area (Å²) in [6.45, 7) is 1.39. The Bertz CT molecular complexity index is 465. The van der Waals surface area contributed by atoms with Crippen molar-refractivity contribution in [3.8, 4) is 17.0 Å². The summed E-state index contributed by atoms with van der Waals surface area (Å²) in [5.41, 5.74) is 7.40. The lowest BCUT2D eigenvalue weighted by atomic mass is 10.1. The van der Waals surface area contributed by atoms with Crippen molar-refractivity contribution in [1.82, 2.24) is 9.55 Å². The zero-order chi connectivity index (χ0) is 11.4. The van der Waals surface area contributed by atoms with Crippen LogP contribution in [0.2, 0.25) is 0 Å². The van der Waals surface area contributed by atoms with Crippen molar-refractivity contribution in [3.63, 3.8) is 0 Å². The van der Waals surface area contributed by atoms with Gasteiger partial charge in [0, 0.05) is 24.8 Å². The van der Waals surface area contributed by atoms with Crippen LogP contribution in [0.1, 0.15) is 0 Å². The molecule has 1 aromatic carbocycles. The molecule has 0 aliphatic carbocycles. The molecule has 2 N–H and O–H groups in total. The van der Waals surface area contributed by atoms with E-state index in [4.69, 9.17) is 10.5 Å². The van der Waals surface area contributed by atoms with E-state index in [1.807, 2.05) is 35.0 Å². The van der Waals surface area contributed by atoms with Gasteiger partial charge in [-0.05, 0) is 12.1 Å². The molecule has 0 aliphatic rings. The van der Waals surface area contributed by atoms with E-state index in [9.17, 15) is 0 Å². The highest BCUT2D eigenvalue weighted by molar-refractivity contribution is 5.66. The van der Waals surface area contributed by atoms with Crippen molar-refractivity contribution in [2.24, 2.45) is 5.73 Å². The van der Waals surface area contributed by atoms with Crippen molar-refractivity contribution in [2.75, 3.05) is 13.7 Å². The Kier molecular flexibility index (Phi) is 3.22. The van der Waals surface area contributed by atoms with Gasteiger partial charge in [-0.3, -0.25) is 0 Å². The third kappa shape index (κ3) is 2.06. The molecule has 4 heteroatoms. The second-order valence-corrected chi connectivity index (χ2v) is 3.49. The number of rotatable bonds is 4. The first-order valence-electron chi connectivity index (χ1n) is 5.20. The van der Waals surface area contributed by atoms with Crippen molar-refractivity contribution >= 4 is 0 Å². The molecule has 0 aliphatic heterocycles.